The Morgan fingerprint density at radius 3 is 2.08 bits per heavy atom. The molecule has 2 amide bonds. The van der Waals surface area contributed by atoms with Crippen molar-refractivity contribution in [2.75, 3.05) is 45.0 Å². The van der Waals surface area contributed by atoms with Crippen molar-refractivity contribution in [2.24, 2.45) is 0 Å². The minimum atomic E-state index is -0.194. The normalized spacial score (nSPS) is 11.9. The summed E-state index contributed by atoms with van der Waals surface area (Å²) in [7, 11) is 8.08. The zero-order valence-corrected chi connectivity index (χ0v) is 15.7. The summed E-state index contributed by atoms with van der Waals surface area (Å²) in [5.74, 6) is 0. The molecule has 134 valence electrons. The number of benzene rings is 2. The third-order valence-corrected chi connectivity index (χ3v) is 4.18. The van der Waals surface area contributed by atoms with E-state index in [0.717, 1.165) is 11.4 Å². The second-order valence-corrected chi connectivity index (χ2v) is 6.67. The van der Waals surface area contributed by atoms with E-state index in [-0.39, 0.29) is 12.1 Å². The van der Waals surface area contributed by atoms with E-state index in [2.05, 4.69) is 44.7 Å². The number of hydrogen-bond acceptors (Lipinski definition) is 3. The van der Waals surface area contributed by atoms with Crippen molar-refractivity contribution in [2.45, 2.75) is 13.0 Å². The molecule has 0 spiro atoms. The minimum Gasteiger partial charge on any atom is -0.378 e. The van der Waals surface area contributed by atoms with Gasteiger partial charge < -0.3 is 20.4 Å². The van der Waals surface area contributed by atoms with Crippen LogP contribution in [0.25, 0.3) is 0 Å². The number of nitrogens with zero attached hydrogens (tertiary/aromatic N) is 2. The lowest BCUT2D eigenvalue weighted by Gasteiger charge is -2.26. The van der Waals surface area contributed by atoms with Crippen molar-refractivity contribution in [3.63, 3.8) is 0 Å². The predicted octanol–water partition coefficient (Wildman–Crippen LogP) is 3.49. The van der Waals surface area contributed by atoms with Gasteiger partial charge in [0.15, 0.2) is 0 Å². The molecule has 5 heteroatoms. The highest BCUT2D eigenvalue weighted by Crippen LogP contribution is 2.21. The number of hydrogen-bond donors (Lipinski definition) is 2. The fourth-order valence-corrected chi connectivity index (χ4v) is 2.59. The molecule has 2 rings (SSSR count). The highest BCUT2D eigenvalue weighted by atomic mass is 16.2. The van der Waals surface area contributed by atoms with E-state index in [1.165, 1.54) is 11.1 Å². The number of nitrogens with one attached hydrogen (secondary N) is 2. The zero-order chi connectivity index (χ0) is 18.4. The van der Waals surface area contributed by atoms with Gasteiger partial charge in [-0.2, -0.15) is 0 Å². The highest BCUT2D eigenvalue weighted by molar-refractivity contribution is 5.89. The molecule has 0 aliphatic carbocycles. The number of aryl methyl sites for hydroxylation is 1. The Morgan fingerprint density at radius 1 is 0.960 bits per heavy atom. The van der Waals surface area contributed by atoms with Crippen LogP contribution in [0.3, 0.4) is 0 Å². The van der Waals surface area contributed by atoms with Gasteiger partial charge in [-0.15, -0.1) is 0 Å². The average molecular weight is 340 g/mol. The van der Waals surface area contributed by atoms with Gasteiger partial charge in [-0.25, -0.2) is 4.79 Å². The summed E-state index contributed by atoms with van der Waals surface area (Å²) in [6.07, 6.45) is 0. The lowest BCUT2D eigenvalue weighted by atomic mass is 10.1. The summed E-state index contributed by atoms with van der Waals surface area (Å²) in [5, 5.41) is 5.82. The van der Waals surface area contributed by atoms with Crippen LogP contribution in [0.4, 0.5) is 16.2 Å². The molecule has 0 saturated carbocycles. The van der Waals surface area contributed by atoms with Crippen molar-refractivity contribution in [1.82, 2.24) is 10.2 Å². The first kappa shape index (κ1) is 18.8. The molecule has 2 aromatic rings. The smallest absolute Gasteiger partial charge is 0.319 e. The van der Waals surface area contributed by atoms with Gasteiger partial charge in [-0.1, -0.05) is 29.8 Å². The fourth-order valence-electron chi connectivity index (χ4n) is 2.59. The van der Waals surface area contributed by atoms with E-state index in [1.807, 2.05) is 59.4 Å². The summed E-state index contributed by atoms with van der Waals surface area (Å²) < 4.78 is 0. The van der Waals surface area contributed by atoms with E-state index in [0.29, 0.717) is 6.54 Å². The predicted molar refractivity (Wildman–Crippen MR) is 105 cm³/mol. The highest BCUT2D eigenvalue weighted by Gasteiger charge is 2.15. The molecule has 1 atom stereocenters. The molecule has 2 aromatic carbocycles. The van der Waals surface area contributed by atoms with Gasteiger partial charge >= 0.3 is 6.03 Å². The second-order valence-electron chi connectivity index (χ2n) is 6.67. The molecule has 0 bridgehead atoms. The molecule has 0 fully saturated rings. The Bertz CT molecular complexity index is 678. The van der Waals surface area contributed by atoms with E-state index in [4.69, 9.17) is 0 Å². The van der Waals surface area contributed by atoms with Gasteiger partial charge in [0.2, 0.25) is 0 Å². The van der Waals surface area contributed by atoms with Crippen LogP contribution in [0.15, 0.2) is 48.5 Å². The number of rotatable bonds is 6. The summed E-state index contributed by atoms with van der Waals surface area (Å²) in [6.45, 7) is 2.55. The van der Waals surface area contributed by atoms with Crippen molar-refractivity contribution in [3.8, 4) is 0 Å². The maximum absolute atomic E-state index is 12.2. The summed E-state index contributed by atoms with van der Waals surface area (Å²) in [5.41, 5.74) is 4.29. The number of amides is 2. The molecule has 0 radical (unpaired) electrons. The summed E-state index contributed by atoms with van der Waals surface area (Å²) >= 11 is 0. The third kappa shape index (κ3) is 5.50. The van der Waals surface area contributed by atoms with Gasteiger partial charge in [-0.05, 0) is 50.8 Å². The Balaban J connectivity index is 1.96. The molecule has 0 aliphatic rings. The molecule has 0 saturated heterocycles. The number of urea groups is 1. The van der Waals surface area contributed by atoms with Crippen LogP contribution in [0.5, 0.6) is 0 Å². The fraction of sp³-hybridized carbons (Fsp3) is 0.350. The SMILES string of the molecule is Cc1ccc(NC(=O)NCC(c2ccc(N(C)C)cc2)N(C)C)cc1. The average Bonchev–Trinajstić information content (AvgIpc) is 2.57. The Kier molecular flexibility index (Phi) is 6.42. The number of carbonyl (C=O) groups is 1. The lowest BCUT2D eigenvalue weighted by Crippen LogP contribution is -2.36. The topological polar surface area (TPSA) is 47.6 Å². The molecule has 1 unspecified atom stereocenters. The van der Waals surface area contributed by atoms with E-state index < -0.39 is 0 Å². The number of carbonyl (C=O) groups excluding carboxylic acids is 1. The molecule has 0 aliphatic heterocycles. The van der Waals surface area contributed by atoms with E-state index >= 15 is 0 Å². The van der Waals surface area contributed by atoms with Crippen LogP contribution in [-0.2, 0) is 0 Å². The molecule has 25 heavy (non-hydrogen) atoms. The second kappa shape index (κ2) is 8.53. The van der Waals surface area contributed by atoms with Crippen molar-refractivity contribution in [3.05, 3.63) is 59.7 Å². The van der Waals surface area contributed by atoms with Crippen LogP contribution in [0.1, 0.15) is 17.2 Å². The summed E-state index contributed by atoms with van der Waals surface area (Å²) in [6, 6.07) is 16.1. The van der Waals surface area contributed by atoms with Crippen LogP contribution in [-0.4, -0.2) is 45.7 Å². The van der Waals surface area contributed by atoms with Gasteiger partial charge in [0.25, 0.3) is 0 Å². The first-order valence-electron chi connectivity index (χ1n) is 8.42. The molecule has 2 N–H and O–H groups in total. The van der Waals surface area contributed by atoms with Crippen LogP contribution in [0, 0.1) is 6.92 Å². The maximum atomic E-state index is 12.2. The number of likely N-dealkylation sites (N-methyl/N-ethyl adjacent to an activating group) is 1. The largest absolute Gasteiger partial charge is 0.378 e. The van der Waals surface area contributed by atoms with E-state index in [1.54, 1.807) is 0 Å². The standard InChI is InChI=1S/C20H28N4O/c1-15-6-10-17(11-7-15)22-20(25)21-14-19(24(4)5)16-8-12-18(13-9-16)23(2)3/h6-13,19H,14H2,1-5H3,(H2,21,22,25). The van der Waals surface area contributed by atoms with Crippen molar-refractivity contribution < 1.29 is 4.79 Å². The van der Waals surface area contributed by atoms with Crippen LogP contribution < -0.4 is 15.5 Å². The Morgan fingerprint density at radius 2 is 1.56 bits per heavy atom. The van der Waals surface area contributed by atoms with Gasteiger partial charge in [0.1, 0.15) is 0 Å². The summed E-state index contributed by atoms with van der Waals surface area (Å²) in [4.78, 5) is 16.3. The van der Waals surface area contributed by atoms with Crippen LogP contribution >= 0.6 is 0 Å². The molecule has 5 nitrogen and oxygen atoms in total. The monoisotopic (exact) mass is 340 g/mol. The van der Waals surface area contributed by atoms with Crippen molar-refractivity contribution >= 4 is 17.4 Å². The van der Waals surface area contributed by atoms with Crippen molar-refractivity contribution in [1.29, 1.82) is 0 Å². The molecule has 0 heterocycles. The first-order valence-corrected chi connectivity index (χ1v) is 8.42. The van der Waals surface area contributed by atoms with E-state index in [9.17, 15) is 4.79 Å². The molecule has 0 aromatic heterocycles. The quantitative estimate of drug-likeness (QED) is 0.846. The van der Waals surface area contributed by atoms with Gasteiger partial charge in [0, 0.05) is 32.0 Å². The molecular formula is C20H28N4O. The number of anilines is 2. The first-order chi connectivity index (χ1) is 11.9. The Labute approximate surface area is 150 Å². The van der Waals surface area contributed by atoms with Gasteiger partial charge in [-0.3, -0.25) is 0 Å². The Hall–Kier alpha value is -2.53. The molecular weight excluding hydrogens is 312 g/mol. The zero-order valence-electron chi connectivity index (χ0n) is 15.7. The lowest BCUT2D eigenvalue weighted by molar-refractivity contribution is 0.243. The van der Waals surface area contributed by atoms with Gasteiger partial charge in [0.05, 0.1) is 6.04 Å². The third-order valence-electron chi connectivity index (χ3n) is 4.18. The van der Waals surface area contributed by atoms with Crippen LogP contribution in [0.2, 0.25) is 0 Å². The maximum Gasteiger partial charge on any atom is 0.319 e. The minimum absolute atomic E-state index is 0.111.